The predicted octanol–water partition coefficient (Wildman–Crippen LogP) is 2.17. The van der Waals surface area contributed by atoms with Crippen molar-refractivity contribution in [2.24, 2.45) is 0 Å². The van der Waals surface area contributed by atoms with Crippen molar-refractivity contribution in [1.82, 2.24) is 5.32 Å². The van der Waals surface area contributed by atoms with E-state index in [0.717, 1.165) is 0 Å². The number of hydrogen-bond donors (Lipinski definition) is 1. The Kier molecular flexibility index (Phi) is 6.65. The van der Waals surface area contributed by atoms with Gasteiger partial charge in [0.25, 0.3) is 5.91 Å². The number of amides is 1. The molecule has 0 aliphatic rings. The fraction of sp³-hybridized carbons (Fsp3) is 0.222. The van der Waals surface area contributed by atoms with Crippen LogP contribution in [0.1, 0.15) is 11.3 Å². The van der Waals surface area contributed by atoms with Crippen molar-refractivity contribution in [2.45, 2.75) is 6.54 Å². The van der Waals surface area contributed by atoms with Crippen molar-refractivity contribution < 1.29 is 28.2 Å². The zero-order valence-electron chi connectivity index (χ0n) is 14.0. The molecule has 2 rings (SSSR count). The minimum absolute atomic E-state index is 0.238. The molecule has 7 nitrogen and oxygen atoms in total. The lowest BCUT2D eigenvalue weighted by atomic mass is 10.2. The van der Waals surface area contributed by atoms with Gasteiger partial charge in [-0.1, -0.05) is 0 Å². The first-order chi connectivity index (χ1) is 12.1. The normalized spacial score (nSPS) is 10.5. The Morgan fingerprint density at radius 3 is 2.72 bits per heavy atom. The lowest BCUT2D eigenvalue weighted by Crippen LogP contribution is -2.27. The van der Waals surface area contributed by atoms with Crippen LogP contribution in [0, 0.1) is 0 Å². The molecule has 0 fully saturated rings. The van der Waals surface area contributed by atoms with Crippen molar-refractivity contribution in [3.05, 3.63) is 54.0 Å². The highest BCUT2D eigenvalue weighted by Gasteiger charge is 2.07. The Labute approximate surface area is 145 Å². The van der Waals surface area contributed by atoms with Crippen molar-refractivity contribution in [2.75, 3.05) is 20.8 Å². The third-order valence-corrected chi connectivity index (χ3v) is 3.23. The molecule has 1 heterocycles. The molecule has 132 valence electrons. The second-order valence-electron chi connectivity index (χ2n) is 4.91. The SMILES string of the molecule is COc1ccc(/C=C/C(=O)OCC(=O)NCc2ccco2)c(OC)c1. The van der Waals surface area contributed by atoms with Crippen LogP contribution in [0.25, 0.3) is 6.08 Å². The summed E-state index contributed by atoms with van der Waals surface area (Å²) in [5.74, 6) is 0.766. The van der Waals surface area contributed by atoms with Gasteiger partial charge < -0.3 is 23.9 Å². The Hall–Kier alpha value is -3.22. The van der Waals surface area contributed by atoms with E-state index in [0.29, 0.717) is 22.8 Å². The molecule has 0 saturated carbocycles. The molecule has 0 atom stereocenters. The Balaban J connectivity index is 1.81. The minimum atomic E-state index is -0.633. The molecule has 0 spiro atoms. The summed E-state index contributed by atoms with van der Waals surface area (Å²) in [7, 11) is 3.08. The first-order valence-corrected chi connectivity index (χ1v) is 7.48. The van der Waals surface area contributed by atoms with E-state index in [-0.39, 0.29) is 13.2 Å². The van der Waals surface area contributed by atoms with Crippen LogP contribution in [0.15, 0.2) is 47.1 Å². The van der Waals surface area contributed by atoms with Crippen LogP contribution in [-0.4, -0.2) is 32.7 Å². The maximum atomic E-state index is 11.7. The topological polar surface area (TPSA) is 87.0 Å². The van der Waals surface area contributed by atoms with Crippen LogP contribution in [-0.2, 0) is 20.9 Å². The lowest BCUT2D eigenvalue weighted by molar-refractivity contribution is -0.143. The van der Waals surface area contributed by atoms with E-state index >= 15 is 0 Å². The van der Waals surface area contributed by atoms with Gasteiger partial charge in [0.2, 0.25) is 0 Å². The van der Waals surface area contributed by atoms with Gasteiger partial charge in [-0.05, 0) is 30.3 Å². The fourth-order valence-electron chi connectivity index (χ4n) is 1.95. The highest BCUT2D eigenvalue weighted by molar-refractivity contribution is 5.89. The van der Waals surface area contributed by atoms with Gasteiger partial charge in [0.15, 0.2) is 6.61 Å². The lowest BCUT2D eigenvalue weighted by Gasteiger charge is -2.07. The number of benzene rings is 1. The van der Waals surface area contributed by atoms with Gasteiger partial charge in [-0.25, -0.2) is 4.79 Å². The number of ether oxygens (including phenoxy) is 3. The highest BCUT2D eigenvalue weighted by Crippen LogP contribution is 2.25. The van der Waals surface area contributed by atoms with E-state index in [1.54, 1.807) is 43.5 Å². The molecule has 0 saturated heterocycles. The first-order valence-electron chi connectivity index (χ1n) is 7.48. The fourth-order valence-corrected chi connectivity index (χ4v) is 1.95. The average Bonchev–Trinajstić information content (AvgIpc) is 3.16. The molecule has 1 aromatic carbocycles. The number of rotatable bonds is 8. The van der Waals surface area contributed by atoms with Crippen LogP contribution < -0.4 is 14.8 Å². The van der Waals surface area contributed by atoms with Gasteiger partial charge in [0, 0.05) is 17.7 Å². The first kappa shape index (κ1) is 18.1. The third kappa shape index (κ3) is 5.72. The van der Waals surface area contributed by atoms with Gasteiger partial charge in [0.05, 0.1) is 27.0 Å². The molecule has 0 radical (unpaired) electrons. The summed E-state index contributed by atoms with van der Waals surface area (Å²) < 4.78 is 20.3. The van der Waals surface area contributed by atoms with Crippen molar-refractivity contribution >= 4 is 18.0 Å². The average molecular weight is 345 g/mol. The monoisotopic (exact) mass is 345 g/mol. The maximum Gasteiger partial charge on any atom is 0.331 e. The summed E-state index contributed by atoms with van der Waals surface area (Å²) in [5.41, 5.74) is 0.683. The van der Waals surface area contributed by atoms with E-state index in [4.69, 9.17) is 18.6 Å². The summed E-state index contributed by atoms with van der Waals surface area (Å²) >= 11 is 0. The van der Waals surface area contributed by atoms with Gasteiger partial charge in [-0.2, -0.15) is 0 Å². The van der Waals surface area contributed by atoms with E-state index in [9.17, 15) is 9.59 Å². The molecule has 0 aliphatic heterocycles. The standard InChI is InChI=1S/C18H19NO6/c1-22-14-7-5-13(16(10-14)23-2)6-8-18(21)25-12-17(20)19-11-15-4-3-9-24-15/h3-10H,11-12H2,1-2H3,(H,19,20)/b8-6+. The summed E-state index contributed by atoms with van der Waals surface area (Å²) in [5, 5.41) is 2.58. The molecule has 1 amide bonds. The summed E-state index contributed by atoms with van der Waals surface area (Å²) in [6.45, 7) is -0.133. The van der Waals surface area contributed by atoms with Crippen molar-refractivity contribution in [3.63, 3.8) is 0 Å². The van der Waals surface area contributed by atoms with Crippen molar-refractivity contribution in [3.8, 4) is 11.5 Å². The molecular formula is C18H19NO6. The molecular weight excluding hydrogens is 326 g/mol. The van der Waals surface area contributed by atoms with Gasteiger partial charge >= 0.3 is 5.97 Å². The molecule has 0 aliphatic carbocycles. The Morgan fingerprint density at radius 1 is 1.20 bits per heavy atom. The van der Waals surface area contributed by atoms with Crippen LogP contribution >= 0.6 is 0 Å². The molecule has 0 unspecified atom stereocenters. The molecule has 0 bridgehead atoms. The molecule has 1 N–H and O–H groups in total. The zero-order valence-corrected chi connectivity index (χ0v) is 14.0. The number of carbonyl (C=O) groups excluding carboxylic acids is 2. The quantitative estimate of drug-likeness (QED) is 0.583. The number of carbonyl (C=O) groups is 2. The van der Waals surface area contributed by atoms with Crippen LogP contribution in [0.2, 0.25) is 0 Å². The number of esters is 1. The number of nitrogens with one attached hydrogen (secondary N) is 1. The summed E-state index contributed by atoms with van der Waals surface area (Å²) in [6.07, 6.45) is 4.28. The van der Waals surface area contributed by atoms with Gasteiger partial charge in [0.1, 0.15) is 17.3 Å². The molecule has 7 heteroatoms. The Bertz CT molecular complexity index is 736. The number of furan rings is 1. The number of methoxy groups -OCH3 is 2. The van der Waals surface area contributed by atoms with E-state index in [1.807, 2.05) is 0 Å². The second kappa shape index (κ2) is 9.17. The molecule has 25 heavy (non-hydrogen) atoms. The third-order valence-electron chi connectivity index (χ3n) is 3.23. The molecule has 2 aromatic rings. The van der Waals surface area contributed by atoms with E-state index < -0.39 is 11.9 Å². The van der Waals surface area contributed by atoms with Crippen molar-refractivity contribution in [1.29, 1.82) is 0 Å². The van der Waals surface area contributed by atoms with E-state index in [2.05, 4.69) is 5.32 Å². The van der Waals surface area contributed by atoms with Gasteiger partial charge in [-0.3, -0.25) is 4.79 Å². The predicted molar refractivity (Wildman–Crippen MR) is 90.1 cm³/mol. The molecule has 1 aromatic heterocycles. The number of hydrogen-bond acceptors (Lipinski definition) is 6. The zero-order chi connectivity index (χ0) is 18.1. The van der Waals surface area contributed by atoms with Crippen LogP contribution in [0.4, 0.5) is 0 Å². The smallest absolute Gasteiger partial charge is 0.331 e. The largest absolute Gasteiger partial charge is 0.497 e. The summed E-state index contributed by atoms with van der Waals surface area (Å²) in [6, 6.07) is 8.65. The summed E-state index contributed by atoms with van der Waals surface area (Å²) in [4.78, 5) is 23.3. The van der Waals surface area contributed by atoms with Gasteiger partial charge in [-0.15, -0.1) is 0 Å². The Morgan fingerprint density at radius 2 is 2.04 bits per heavy atom. The van der Waals surface area contributed by atoms with Crippen LogP contribution in [0.5, 0.6) is 11.5 Å². The van der Waals surface area contributed by atoms with Crippen LogP contribution in [0.3, 0.4) is 0 Å². The van der Waals surface area contributed by atoms with E-state index in [1.165, 1.54) is 19.4 Å². The highest BCUT2D eigenvalue weighted by atomic mass is 16.5. The second-order valence-corrected chi connectivity index (χ2v) is 4.91. The maximum absolute atomic E-state index is 11.7. The minimum Gasteiger partial charge on any atom is -0.497 e.